The molecule has 1 N–H and O–H groups in total. The fourth-order valence-corrected chi connectivity index (χ4v) is 6.79. The number of carbonyl (C=O) groups excluding carboxylic acids is 1. The molecule has 5 nitrogen and oxygen atoms in total. The lowest BCUT2D eigenvalue weighted by Gasteiger charge is -2.44. The lowest BCUT2D eigenvalue weighted by molar-refractivity contribution is -0.134. The Morgan fingerprint density at radius 2 is 1.91 bits per heavy atom. The third kappa shape index (κ3) is 5.03. The van der Waals surface area contributed by atoms with Crippen LogP contribution >= 0.6 is 11.6 Å². The molecule has 4 aliphatic rings. The van der Waals surface area contributed by atoms with Gasteiger partial charge in [-0.15, -0.1) is 0 Å². The Hall–Kier alpha value is -1.56. The molecule has 0 spiro atoms. The summed E-state index contributed by atoms with van der Waals surface area (Å²) >= 11 is 6.42. The topological polar surface area (TPSA) is 38.8 Å². The zero-order chi connectivity index (χ0) is 23.8. The maximum Gasteiger partial charge on any atom is 0.222 e. The average Bonchev–Trinajstić information content (AvgIpc) is 2.96. The fourth-order valence-electron chi connectivity index (χ4n) is 6.60. The molecule has 1 aromatic carbocycles. The van der Waals surface area contributed by atoms with E-state index in [0.717, 1.165) is 50.6 Å². The van der Waals surface area contributed by atoms with Crippen molar-refractivity contribution in [1.82, 2.24) is 20.0 Å². The molecule has 186 valence electrons. The number of hydrogen-bond donors (Lipinski definition) is 1. The number of amides is 1. The second-order valence-electron chi connectivity index (χ2n) is 11.3. The zero-order valence-electron chi connectivity index (χ0n) is 21.2. The highest BCUT2D eigenvalue weighted by Crippen LogP contribution is 2.42. The predicted molar refractivity (Wildman–Crippen MR) is 139 cm³/mol. The predicted octanol–water partition coefficient (Wildman–Crippen LogP) is 4.48. The monoisotopic (exact) mass is 484 g/mol. The minimum atomic E-state index is 0.240. The maximum atomic E-state index is 13.1. The number of rotatable bonds is 3. The molecule has 6 heteroatoms. The number of benzene rings is 1. The first kappa shape index (κ1) is 24.1. The Labute approximate surface area is 210 Å². The standard InChI is InChI=1S/C28H41ClN4O/c1-19-15-23-7-6-22-17-24(29)8-9-25(22)28(27(23)30-20(19)2)33-13-11-32(12-14-33)26(34)16-21-5-4-10-31(3)18-21/h8-9,17,19-21,28,30H,4-7,10-16,18H2,1-3H3. The second kappa shape index (κ2) is 10.2. The van der Waals surface area contributed by atoms with E-state index < -0.39 is 0 Å². The van der Waals surface area contributed by atoms with Crippen LogP contribution in [-0.2, 0) is 11.2 Å². The van der Waals surface area contributed by atoms with Crippen LogP contribution in [0.2, 0.25) is 5.02 Å². The molecule has 0 bridgehead atoms. The second-order valence-corrected chi connectivity index (χ2v) is 11.7. The van der Waals surface area contributed by atoms with Gasteiger partial charge in [0.2, 0.25) is 5.91 Å². The van der Waals surface area contributed by atoms with Crippen molar-refractivity contribution >= 4 is 17.5 Å². The average molecular weight is 485 g/mol. The van der Waals surface area contributed by atoms with Gasteiger partial charge in [0.05, 0.1) is 6.04 Å². The highest BCUT2D eigenvalue weighted by Gasteiger charge is 2.37. The number of nitrogens with one attached hydrogen (secondary N) is 1. The quantitative estimate of drug-likeness (QED) is 0.686. The van der Waals surface area contributed by atoms with Crippen LogP contribution < -0.4 is 5.32 Å². The van der Waals surface area contributed by atoms with Crippen molar-refractivity contribution < 1.29 is 4.79 Å². The largest absolute Gasteiger partial charge is 0.384 e. The van der Waals surface area contributed by atoms with Gasteiger partial charge in [-0.25, -0.2) is 0 Å². The summed E-state index contributed by atoms with van der Waals surface area (Å²) in [6, 6.07) is 7.20. The molecule has 5 rings (SSSR count). The van der Waals surface area contributed by atoms with E-state index in [0.29, 0.717) is 30.2 Å². The molecule has 0 saturated carbocycles. The van der Waals surface area contributed by atoms with Crippen LogP contribution in [0.4, 0.5) is 0 Å². The van der Waals surface area contributed by atoms with E-state index in [1.54, 1.807) is 5.57 Å². The van der Waals surface area contributed by atoms with Crippen LogP contribution in [0.25, 0.3) is 0 Å². The van der Waals surface area contributed by atoms with Crippen molar-refractivity contribution in [2.24, 2.45) is 11.8 Å². The SMILES string of the molecule is CC1CC2=C(NC1C)C(N1CCN(C(=O)CC3CCCN(C)C3)CC1)c1ccc(Cl)cc1CC2. The van der Waals surface area contributed by atoms with Gasteiger partial charge in [0, 0.05) is 55.9 Å². The number of likely N-dealkylation sites (tertiary alicyclic amines) is 1. The molecule has 0 aromatic heterocycles. The van der Waals surface area contributed by atoms with E-state index in [4.69, 9.17) is 11.6 Å². The molecule has 1 aliphatic carbocycles. The Bertz CT molecular complexity index is 938. The van der Waals surface area contributed by atoms with Crippen molar-refractivity contribution in [2.45, 2.75) is 64.5 Å². The number of aryl methyl sites for hydroxylation is 1. The number of halogens is 1. The van der Waals surface area contributed by atoms with Crippen molar-refractivity contribution in [3.8, 4) is 0 Å². The molecular formula is C28H41ClN4O. The molecular weight excluding hydrogens is 444 g/mol. The molecule has 1 amide bonds. The number of fused-ring (bicyclic) bond motifs is 1. The molecule has 2 fully saturated rings. The Balaban J connectivity index is 1.32. The number of hydrogen-bond acceptors (Lipinski definition) is 4. The van der Waals surface area contributed by atoms with Gasteiger partial charge >= 0.3 is 0 Å². The smallest absolute Gasteiger partial charge is 0.222 e. The van der Waals surface area contributed by atoms with E-state index in [9.17, 15) is 4.79 Å². The van der Waals surface area contributed by atoms with Crippen molar-refractivity contribution in [3.63, 3.8) is 0 Å². The molecule has 4 atom stereocenters. The molecule has 2 saturated heterocycles. The number of allylic oxidation sites excluding steroid dienone is 1. The molecule has 34 heavy (non-hydrogen) atoms. The summed E-state index contributed by atoms with van der Waals surface area (Å²) in [7, 11) is 2.18. The van der Waals surface area contributed by atoms with Crippen LogP contribution in [0, 0.1) is 11.8 Å². The van der Waals surface area contributed by atoms with Crippen molar-refractivity contribution in [3.05, 3.63) is 45.6 Å². The highest BCUT2D eigenvalue weighted by molar-refractivity contribution is 6.30. The van der Waals surface area contributed by atoms with Crippen molar-refractivity contribution in [2.75, 3.05) is 46.3 Å². The van der Waals surface area contributed by atoms with E-state index in [1.165, 1.54) is 42.6 Å². The summed E-state index contributed by atoms with van der Waals surface area (Å²) in [6.07, 6.45) is 6.46. The first-order valence-electron chi connectivity index (χ1n) is 13.4. The summed E-state index contributed by atoms with van der Waals surface area (Å²) < 4.78 is 0. The van der Waals surface area contributed by atoms with E-state index in [1.807, 2.05) is 0 Å². The van der Waals surface area contributed by atoms with E-state index in [-0.39, 0.29) is 6.04 Å². The molecule has 0 radical (unpaired) electrons. The van der Waals surface area contributed by atoms with Gasteiger partial charge in [0.25, 0.3) is 0 Å². The van der Waals surface area contributed by atoms with Gasteiger partial charge in [-0.1, -0.05) is 24.6 Å². The Kier molecular flexibility index (Phi) is 7.25. The lowest BCUT2D eigenvalue weighted by atomic mass is 9.85. The van der Waals surface area contributed by atoms with Crippen LogP contribution in [0.5, 0.6) is 0 Å². The third-order valence-corrected chi connectivity index (χ3v) is 9.01. The van der Waals surface area contributed by atoms with Gasteiger partial charge in [-0.05, 0) is 93.3 Å². The van der Waals surface area contributed by atoms with Crippen molar-refractivity contribution in [1.29, 1.82) is 0 Å². The van der Waals surface area contributed by atoms with Gasteiger partial charge in [0.15, 0.2) is 0 Å². The first-order chi connectivity index (χ1) is 16.4. The van der Waals surface area contributed by atoms with Gasteiger partial charge in [-0.2, -0.15) is 0 Å². The first-order valence-corrected chi connectivity index (χ1v) is 13.7. The summed E-state index contributed by atoms with van der Waals surface area (Å²) in [4.78, 5) is 20.2. The number of nitrogens with zero attached hydrogens (tertiary/aromatic N) is 3. The fraction of sp³-hybridized carbons (Fsp3) is 0.679. The van der Waals surface area contributed by atoms with Gasteiger partial charge in [0.1, 0.15) is 0 Å². The van der Waals surface area contributed by atoms with Crippen LogP contribution in [0.1, 0.15) is 63.1 Å². The normalized spacial score (nSPS) is 30.9. The minimum absolute atomic E-state index is 0.240. The highest BCUT2D eigenvalue weighted by atomic mass is 35.5. The van der Waals surface area contributed by atoms with Crippen LogP contribution in [0.15, 0.2) is 29.5 Å². The number of piperazine rings is 1. The molecule has 3 aliphatic heterocycles. The Morgan fingerprint density at radius 3 is 2.68 bits per heavy atom. The van der Waals surface area contributed by atoms with Gasteiger partial charge < -0.3 is 15.1 Å². The zero-order valence-corrected chi connectivity index (χ0v) is 21.9. The van der Waals surface area contributed by atoms with Gasteiger partial charge in [-0.3, -0.25) is 9.69 Å². The maximum absolute atomic E-state index is 13.1. The molecule has 3 heterocycles. The summed E-state index contributed by atoms with van der Waals surface area (Å²) in [5.74, 6) is 1.52. The lowest BCUT2D eigenvalue weighted by Crippen LogP contribution is -2.52. The number of carbonyl (C=O) groups is 1. The Morgan fingerprint density at radius 1 is 1.12 bits per heavy atom. The number of piperidine rings is 1. The summed E-state index contributed by atoms with van der Waals surface area (Å²) in [5.41, 5.74) is 5.79. The summed E-state index contributed by atoms with van der Waals surface area (Å²) in [6.45, 7) is 10.4. The molecule has 4 unspecified atom stereocenters. The van der Waals surface area contributed by atoms with E-state index in [2.05, 4.69) is 59.1 Å². The van der Waals surface area contributed by atoms with Crippen LogP contribution in [0.3, 0.4) is 0 Å². The van der Waals surface area contributed by atoms with E-state index >= 15 is 0 Å². The summed E-state index contributed by atoms with van der Waals surface area (Å²) in [5, 5.41) is 4.75. The minimum Gasteiger partial charge on any atom is -0.384 e. The third-order valence-electron chi connectivity index (χ3n) is 8.77. The van der Waals surface area contributed by atoms with Crippen LogP contribution in [-0.4, -0.2) is 73.0 Å². The molecule has 1 aromatic rings.